The first kappa shape index (κ1) is 20.7. The van der Waals surface area contributed by atoms with E-state index < -0.39 is 17.7 Å². The molecule has 1 saturated carbocycles. The summed E-state index contributed by atoms with van der Waals surface area (Å²) in [6, 6.07) is 10.4. The maximum Gasteiger partial charge on any atom is 0.306 e. The van der Waals surface area contributed by atoms with E-state index in [1.54, 1.807) is 0 Å². The minimum atomic E-state index is -1.10. The van der Waals surface area contributed by atoms with Crippen molar-refractivity contribution in [2.24, 2.45) is 5.92 Å². The van der Waals surface area contributed by atoms with E-state index >= 15 is 0 Å². The van der Waals surface area contributed by atoms with E-state index in [0.717, 1.165) is 32.1 Å². The van der Waals surface area contributed by atoms with Crippen molar-refractivity contribution in [2.45, 2.75) is 75.9 Å². The van der Waals surface area contributed by atoms with Crippen LogP contribution in [0.5, 0.6) is 0 Å². The Hall–Kier alpha value is -1.65. The van der Waals surface area contributed by atoms with E-state index in [4.69, 9.17) is 5.11 Å². The van der Waals surface area contributed by atoms with Crippen LogP contribution in [0.25, 0.3) is 0 Å². The van der Waals surface area contributed by atoms with Gasteiger partial charge in [0.1, 0.15) is 0 Å². The van der Waals surface area contributed by atoms with E-state index in [9.17, 15) is 15.0 Å². The van der Waals surface area contributed by atoms with Crippen LogP contribution in [0.15, 0.2) is 42.5 Å². The topological polar surface area (TPSA) is 77.8 Å². The van der Waals surface area contributed by atoms with Crippen LogP contribution in [0.1, 0.15) is 69.8 Å². The molecule has 0 spiro atoms. The summed E-state index contributed by atoms with van der Waals surface area (Å²) in [5, 5.41) is 29.5. The molecule has 0 aromatic heterocycles. The third kappa shape index (κ3) is 6.93. The number of hydrogen-bond acceptors (Lipinski definition) is 3. The lowest BCUT2D eigenvalue weighted by molar-refractivity contribution is -0.144. The fourth-order valence-corrected chi connectivity index (χ4v) is 3.95. The van der Waals surface area contributed by atoms with Gasteiger partial charge in [-0.25, -0.2) is 0 Å². The molecule has 1 aromatic rings. The van der Waals surface area contributed by atoms with Gasteiger partial charge in [-0.05, 0) is 62.3 Å². The van der Waals surface area contributed by atoms with Crippen molar-refractivity contribution in [3.05, 3.63) is 48.0 Å². The molecule has 0 aliphatic heterocycles. The Bertz CT molecular complexity index is 583. The molecule has 0 saturated heterocycles. The Morgan fingerprint density at radius 2 is 2.04 bits per heavy atom. The second-order valence-electron chi connectivity index (χ2n) is 7.85. The second kappa shape index (κ2) is 9.89. The number of aliphatic hydroxyl groups is 2. The minimum absolute atomic E-state index is 0.144. The normalized spacial score (nSPS) is 25.9. The van der Waals surface area contributed by atoms with Gasteiger partial charge in [0.05, 0.1) is 18.1 Å². The van der Waals surface area contributed by atoms with Crippen molar-refractivity contribution in [2.75, 3.05) is 0 Å². The molecule has 1 fully saturated rings. The average molecular weight is 360 g/mol. The van der Waals surface area contributed by atoms with E-state index in [0.29, 0.717) is 18.8 Å². The Kier molecular flexibility index (Phi) is 7.85. The van der Waals surface area contributed by atoms with Gasteiger partial charge in [0.25, 0.3) is 0 Å². The fourth-order valence-electron chi connectivity index (χ4n) is 3.95. The van der Waals surface area contributed by atoms with Gasteiger partial charge >= 0.3 is 5.97 Å². The summed E-state index contributed by atoms with van der Waals surface area (Å²) in [6.45, 7) is 2.21. The highest BCUT2D eigenvalue weighted by Gasteiger charge is 2.35. The van der Waals surface area contributed by atoms with Gasteiger partial charge in [0.15, 0.2) is 0 Å². The molecule has 2 rings (SSSR count). The summed E-state index contributed by atoms with van der Waals surface area (Å²) in [5.74, 6) is -0.326. The molecular formula is C22H32O4. The number of carboxylic acid groups (broad SMARTS) is 1. The van der Waals surface area contributed by atoms with Crippen LogP contribution in [-0.4, -0.2) is 33.0 Å². The third-order valence-electron chi connectivity index (χ3n) is 5.45. The van der Waals surface area contributed by atoms with Crippen LogP contribution in [0, 0.1) is 5.92 Å². The van der Waals surface area contributed by atoms with Crippen LogP contribution in [-0.2, 0) is 4.79 Å². The first-order chi connectivity index (χ1) is 12.4. The van der Waals surface area contributed by atoms with E-state index in [2.05, 4.69) is 31.2 Å². The highest BCUT2D eigenvalue weighted by molar-refractivity contribution is 5.68. The lowest BCUT2D eigenvalue weighted by atomic mass is 9.76. The third-order valence-corrected chi connectivity index (χ3v) is 5.45. The number of aliphatic carboxylic acids is 1. The van der Waals surface area contributed by atoms with Gasteiger partial charge in [0.2, 0.25) is 0 Å². The smallest absolute Gasteiger partial charge is 0.306 e. The molecule has 1 aliphatic rings. The van der Waals surface area contributed by atoms with Crippen LogP contribution in [0.3, 0.4) is 0 Å². The monoisotopic (exact) mass is 360 g/mol. The predicted octanol–water partition coefficient (Wildman–Crippen LogP) is 4.27. The SMILES string of the molecule is CC(CCC[C@H](O)/C=C/[C@@H]1CCC[C@](O)(CC(=O)O)C1)c1ccccc1. The summed E-state index contributed by atoms with van der Waals surface area (Å²) >= 11 is 0. The zero-order valence-corrected chi connectivity index (χ0v) is 15.7. The fraction of sp³-hybridized carbons (Fsp3) is 0.591. The zero-order valence-electron chi connectivity index (χ0n) is 15.7. The molecule has 26 heavy (non-hydrogen) atoms. The number of hydrogen-bond donors (Lipinski definition) is 3. The van der Waals surface area contributed by atoms with Crippen LogP contribution >= 0.6 is 0 Å². The van der Waals surface area contributed by atoms with Crippen LogP contribution < -0.4 is 0 Å². The van der Waals surface area contributed by atoms with Gasteiger partial charge in [-0.1, -0.05) is 49.4 Å². The Labute approximate surface area is 156 Å². The van der Waals surface area contributed by atoms with E-state index in [1.807, 2.05) is 18.2 Å². The van der Waals surface area contributed by atoms with Gasteiger partial charge in [-0.3, -0.25) is 4.79 Å². The maximum absolute atomic E-state index is 10.9. The lowest BCUT2D eigenvalue weighted by Crippen LogP contribution is -2.37. The second-order valence-corrected chi connectivity index (χ2v) is 7.85. The average Bonchev–Trinajstić information content (AvgIpc) is 2.59. The Morgan fingerprint density at radius 3 is 2.73 bits per heavy atom. The molecule has 1 aromatic carbocycles. The number of carbonyl (C=O) groups is 1. The Morgan fingerprint density at radius 1 is 1.31 bits per heavy atom. The predicted molar refractivity (Wildman–Crippen MR) is 103 cm³/mol. The van der Waals surface area contributed by atoms with Crippen LogP contribution in [0.2, 0.25) is 0 Å². The van der Waals surface area contributed by atoms with Crippen LogP contribution in [0.4, 0.5) is 0 Å². The van der Waals surface area contributed by atoms with Crippen molar-refractivity contribution < 1.29 is 20.1 Å². The van der Waals surface area contributed by atoms with Gasteiger partial charge < -0.3 is 15.3 Å². The number of carboxylic acids is 1. The minimum Gasteiger partial charge on any atom is -0.481 e. The van der Waals surface area contributed by atoms with E-state index in [1.165, 1.54) is 5.56 Å². The van der Waals surface area contributed by atoms with Gasteiger partial charge in [-0.2, -0.15) is 0 Å². The molecule has 1 unspecified atom stereocenters. The standard InChI is InChI=1S/C22H32O4/c1-17(19-9-3-2-4-10-19)7-5-11-20(23)13-12-18-8-6-14-22(26,15-18)16-21(24)25/h2-4,9-10,12-13,17-18,20,23,26H,5-8,11,14-16H2,1H3,(H,24,25)/b13-12+/t17?,18-,20-,22+/m0/s1. The zero-order chi connectivity index (χ0) is 19.0. The molecule has 0 heterocycles. The first-order valence-corrected chi connectivity index (χ1v) is 9.73. The molecule has 4 atom stereocenters. The molecule has 0 bridgehead atoms. The van der Waals surface area contributed by atoms with Crippen molar-refractivity contribution in [1.29, 1.82) is 0 Å². The molecule has 4 heteroatoms. The highest BCUT2D eigenvalue weighted by Crippen LogP contribution is 2.35. The van der Waals surface area contributed by atoms with E-state index in [-0.39, 0.29) is 12.3 Å². The molecule has 0 radical (unpaired) electrons. The van der Waals surface area contributed by atoms with Crippen molar-refractivity contribution in [3.63, 3.8) is 0 Å². The molecule has 0 amide bonds. The summed E-state index contributed by atoms with van der Waals surface area (Å²) in [5.41, 5.74) is 0.229. The molecule has 1 aliphatic carbocycles. The van der Waals surface area contributed by atoms with Gasteiger partial charge in [-0.15, -0.1) is 0 Å². The molecule has 4 nitrogen and oxygen atoms in total. The Balaban J connectivity index is 1.73. The summed E-state index contributed by atoms with van der Waals surface area (Å²) in [7, 11) is 0. The quantitative estimate of drug-likeness (QED) is 0.575. The largest absolute Gasteiger partial charge is 0.481 e. The summed E-state index contributed by atoms with van der Waals surface area (Å²) in [4.78, 5) is 10.9. The van der Waals surface area contributed by atoms with Gasteiger partial charge in [0, 0.05) is 0 Å². The maximum atomic E-state index is 10.9. The van der Waals surface area contributed by atoms with Crippen molar-refractivity contribution in [1.82, 2.24) is 0 Å². The van der Waals surface area contributed by atoms with Crippen molar-refractivity contribution >= 4 is 5.97 Å². The first-order valence-electron chi connectivity index (χ1n) is 9.73. The highest BCUT2D eigenvalue weighted by atomic mass is 16.4. The lowest BCUT2D eigenvalue weighted by Gasteiger charge is -2.34. The summed E-state index contributed by atoms with van der Waals surface area (Å²) < 4.78 is 0. The number of allylic oxidation sites excluding steroid dienone is 1. The molecule has 144 valence electrons. The molecular weight excluding hydrogens is 328 g/mol. The molecule has 3 N–H and O–H groups in total. The summed E-state index contributed by atoms with van der Waals surface area (Å²) in [6.07, 6.45) is 8.61. The number of rotatable bonds is 9. The van der Waals surface area contributed by atoms with Crippen molar-refractivity contribution in [3.8, 4) is 0 Å². The number of benzene rings is 1. The number of aliphatic hydroxyl groups excluding tert-OH is 1.